The number of benzene rings is 2. The molecule has 5 nitrogen and oxygen atoms in total. The van der Waals surface area contributed by atoms with Crippen LogP contribution in [0.5, 0.6) is 0 Å². The van der Waals surface area contributed by atoms with Gasteiger partial charge in [-0.1, -0.05) is 55.7 Å². The van der Waals surface area contributed by atoms with E-state index in [1.165, 1.54) is 12.1 Å². The number of carbonyl (C=O) groups excluding carboxylic acids is 2. The molecule has 0 unspecified atom stereocenters. The van der Waals surface area contributed by atoms with Crippen molar-refractivity contribution < 1.29 is 22.8 Å². The fourth-order valence-corrected chi connectivity index (χ4v) is 5.29. The highest BCUT2D eigenvalue weighted by molar-refractivity contribution is 7.09. The number of carbonyl (C=O) groups is 2. The number of urea groups is 1. The molecule has 0 aliphatic heterocycles. The standard InChI is InChI=1S/C28H30F3N3O2S/c29-28(30,31)22-13-15-23(16-14-22)32-27(36)34(24-10-5-2-6-11-24)20-26(35)33(19-25-12-7-17-37-25)18-21-8-3-1-4-9-21/h1,3-4,7-9,12-17,24H,2,5-6,10-11,18-20H2,(H,32,36). The van der Waals surface area contributed by atoms with Gasteiger partial charge >= 0.3 is 12.2 Å². The van der Waals surface area contributed by atoms with Gasteiger partial charge < -0.3 is 15.1 Å². The van der Waals surface area contributed by atoms with Crippen LogP contribution in [0.15, 0.2) is 72.1 Å². The number of rotatable bonds is 8. The van der Waals surface area contributed by atoms with Gasteiger partial charge in [0.2, 0.25) is 5.91 Å². The molecule has 0 atom stereocenters. The fourth-order valence-electron chi connectivity index (χ4n) is 4.57. The van der Waals surface area contributed by atoms with Gasteiger partial charge in [-0.25, -0.2) is 4.79 Å². The summed E-state index contributed by atoms with van der Waals surface area (Å²) in [7, 11) is 0. The minimum absolute atomic E-state index is 0.102. The largest absolute Gasteiger partial charge is 0.416 e. The Labute approximate surface area is 218 Å². The highest BCUT2D eigenvalue weighted by Gasteiger charge is 2.31. The predicted molar refractivity (Wildman–Crippen MR) is 139 cm³/mol. The Hall–Kier alpha value is -3.33. The minimum Gasteiger partial charge on any atom is -0.332 e. The number of hydrogen-bond donors (Lipinski definition) is 1. The zero-order valence-corrected chi connectivity index (χ0v) is 21.2. The third kappa shape index (κ3) is 7.58. The van der Waals surface area contributed by atoms with Crippen LogP contribution in [0.1, 0.15) is 48.1 Å². The molecular formula is C28H30F3N3O2S. The highest BCUT2D eigenvalue weighted by atomic mass is 32.1. The van der Waals surface area contributed by atoms with E-state index in [4.69, 9.17) is 0 Å². The van der Waals surface area contributed by atoms with Crippen molar-refractivity contribution in [1.29, 1.82) is 0 Å². The molecule has 0 bridgehead atoms. The van der Waals surface area contributed by atoms with E-state index in [0.29, 0.717) is 13.1 Å². The molecule has 0 saturated heterocycles. The summed E-state index contributed by atoms with van der Waals surface area (Å²) in [5, 5.41) is 4.67. The summed E-state index contributed by atoms with van der Waals surface area (Å²) < 4.78 is 38.8. The Morgan fingerprint density at radius 3 is 2.22 bits per heavy atom. The monoisotopic (exact) mass is 529 g/mol. The Balaban J connectivity index is 1.51. The van der Waals surface area contributed by atoms with Gasteiger partial charge in [-0.15, -0.1) is 11.3 Å². The second-order valence-electron chi connectivity index (χ2n) is 9.24. The topological polar surface area (TPSA) is 52.7 Å². The fraction of sp³-hybridized carbons (Fsp3) is 0.357. The quantitative estimate of drug-likeness (QED) is 0.337. The molecule has 4 rings (SSSR count). The molecule has 1 aliphatic carbocycles. The molecule has 3 amide bonds. The first-order valence-electron chi connectivity index (χ1n) is 12.4. The van der Waals surface area contributed by atoms with Crippen LogP contribution in [0, 0.1) is 0 Å². The first-order valence-corrected chi connectivity index (χ1v) is 13.3. The predicted octanol–water partition coefficient (Wildman–Crippen LogP) is 7.16. The molecule has 196 valence electrons. The molecule has 37 heavy (non-hydrogen) atoms. The lowest BCUT2D eigenvalue weighted by atomic mass is 9.94. The van der Waals surface area contributed by atoms with Crippen LogP contribution in [0.2, 0.25) is 0 Å². The zero-order valence-electron chi connectivity index (χ0n) is 20.4. The molecule has 0 radical (unpaired) electrons. The normalized spacial score (nSPS) is 14.2. The van der Waals surface area contributed by atoms with Crippen molar-refractivity contribution in [3.05, 3.63) is 88.1 Å². The number of halogens is 3. The van der Waals surface area contributed by atoms with Crippen LogP contribution in [-0.4, -0.2) is 34.3 Å². The van der Waals surface area contributed by atoms with E-state index in [1.54, 1.807) is 21.1 Å². The lowest BCUT2D eigenvalue weighted by Gasteiger charge is -2.35. The number of nitrogens with one attached hydrogen (secondary N) is 1. The Morgan fingerprint density at radius 1 is 0.892 bits per heavy atom. The molecular weight excluding hydrogens is 499 g/mol. The maximum atomic E-state index is 13.6. The molecule has 9 heteroatoms. The van der Waals surface area contributed by atoms with Gasteiger partial charge in [0.1, 0.15) is 6.54 Å². The molecule has 1 saturated carbocycles. The molecule has 0 spiro atoms. The van der Waals surface area contributed by atoms with Crippen molar-refractivity contribution in [2.75, 3.05) is 11.9 Å². The first-order chi connectivity index (χ1) is 17.8. The third-order valence-electron chi connectivity index (χ3n) is 6.54. The van der Waals surface area contributed by atoms with Gasteiger partial charge in [0.15, 0.2) is 0 Å². The van der Waals surface area contributed by atoms with Crippen LogP contribution in [0.25, 0.3) is 0 Å². The van der Waals surface area contributed by atoms with Crippen LogP contribution in [0.3, 0.4) is 0 Å². The number of nitrogens with zero attached hydrogens (tertiary/aromatic N) is 2. The summed E-state index contributed by atoms with van der Waals surface area (Å²) in [6.07, 6.45) is 0.136. The van der Waals surface area contributed by atoms with Gasteiger partial charge in [0, 0.05) is 23.2 Å². The van der Waals surface area contributed by atoms with Crippen molar-refractivity contribution in [3.63, 3.8) is 0 Å². The van der Waals surface area contributed by atoms with Gasteiger partial charge in [-0.3, -0.25) is 4.79 Å². The summed E-state index contributed by atoms with van der Waals surface area (Å²) >= 11 is 1.57. The number of anilines is 1. The molecule has 1 aromatic heterocycles. The highest BCUT2D eigenvalue weighted by Crippen LogP contribution is 2.30. The average Bonchev–Trinajstić information content (AvgIpc) is 3.41. The molecule has 2 aromatic carbocycles. The van der Waals surface area contributed by atoms with Gasteiger partial charge in [-0.05, 0) is 54.1 Å². The lowest BCUT2D eigenvalue weighted by Crippen LogP contribution is -2.49. The van der Waals surface area contributed by atoms with Crippen molar-refractivity contribution in [3.8, 4) is 0 Å². The zero-order chi connectivity index (χ0) is 26.3. The van der Waals surface area contributed by atoms with E-state index in [0.717, 1.165) is 54.7 Å². The van der Waals surface area contributed by atoms with E-state index in [1.807, 2.05) is 47.8 Å². The van der Waals surface area contributed by atoms with E-state index >= 15 is 0 Å². The van der Waals surface area contributed by atoms with Gasteiger partial charge in [-0.2, -0.15) is 13.2 Å². The minimum atomic E-state index is -4.45. The van der Waals surface area contributed by atoms with Crippen LogP contribution < -0.4 is 5.32 Å². The van der Waals surface area contributed by atoms with E-state index in [9.17, 15) is 22.8 Å². The third-order valence-corrected chi connectivity index (χ3v) is 7.40. The number of thiophene rings is 1. The molecule has 3 aromatic rings. The Bertz CT molecular complexity index is 1150. The molecule has 1 N–H and O–H groups in total. The van der Waals surface area contributed by atoms with E-state index < -0.39 is 17.8 Å². The maximum Gasteiger partial charge on any atom is 0.416 e. The molecule has 1 heterocycles. The summed E-state index contributed by atoms with van der Waals surface area (Å²) in [5.74, 6) is -0.176. The van der Waals surface area contributed by atoms with Crippen molar-refractivity contribution in [1.82, 2.24) is 9.80 Å². The number of alkyl halides is 3. The van der Waals surface area contributed by atoms with Gasteiger partial charge in [0.05, 0.1) is 12.1 Å². The smallest absolute Gasteiger partial charge is 0.332 e. The summed E-state index contributed by atoms with van der Waals surface area (Å²) in [4.78, 5) is 31.3. The Morgan fingerprint density at radius 2 is 1.59 bits per heavy atom. The molecule has 1 aliphatic rings. The van der Waals surface area contributed by atoms with Crippen molar-refractivity contribution >= 4 is 29.0 Å². The van der Waals surface area contributed by atoms with E-state index in [-0.39, 0.29) is 24.2 Å². The summed E-state index contributed by atoms with van der Waals surface area (Å²) in [5.41, 5.74) is 0.465. The Kier molecular flexibility index (Phi) is 8.87. The van der Waals surface area contributed by atoms with E-state index in [2.05, 4.69) is 5.32 Å². The first kappa shape index (κ1) is 26.7. The van der Waals surface area contributed by atoms with Gasteiger partial charge in [0.25, 0.3) is 0 Å². The van der Waals surface area contributed by atoms with Crippen LogP contribution in [-0.2, 0) is 24.1 Å². The summed E-state index contributed by atoms with van der Waals surface area (Å²) in [6.45, 7) is 0.746. The maximum absolute atomic E-state index is 13.6. The SMILES string of the molecule is O=C(CN(C(=O)Nc1ccc(C(F)(F)F)cc1)C1CCCCC1)N(Cc1ccccc1)Cc1cccs1. The lowest BCUT2D eigenvalue weighted by molar-refractivity contribution is -0.137. The van der Waals surface area contributed by atoms with Crippen LogP contribution in [0.4, 0.5) is 23.7 Å². The number of hydrogen-bond acceptors (Lipinski definition) is 3. The second kappa shape index (κ2) is 12.3. The second-order valence-corrected chi connectivity index (χ2v) is 10.3. The van der Waals surface area contributed by atoms with Crippen molar-refractivity contribution in [2.24, 2.45) is 0 Å². The number of amides is 3. The van der Waals surface area contributed by atoms with Crippen molar-refractivity contribution in [2.45, 2.75) is 57.4 Å². The summed E-state index contributed by atoms with van der Waals surface area (Å²) in [6, 6.07) is 17.4. The molecule has 1 fully saturated rings. The van der Waals surface area contributed by atoms with Crippen LogP contribution >= 0.6 is 11.3 Å². The average molecular weight is 530 g/mol.